The molecule has 0 radical (unpaired) electrons. The summed E-state index contributed by atoms with van der Waals surface area (Å²) < 4.78 is 1.21. The van der Waals surface area contributed by atoms with E-state index in [0.29, 0.717) is 5.56 Å². The van der Waals surface area contributed by atoms with Crippen LogP contribution in [-0.4, -0.2) is 4.98 Å². The van der Waals surface area contributed by atoms with Gasteiger partial charge in [-0.1, -0.05) is 42.5 Å². The highest BCUT2D eigenvalue weighted by molar-refractivity contribution is 7.18. The van der Waals surface area contributed by atoms with Crippen molar-refractivity contribution in [2.45, 2.75) is 13.3 Å². The van der Waals surface area contributed by atoms with Crippen LogP contribution in [0.15, 0.2) is 66.7 Å². The second kappa shape index (κ2) is 6.51. The number of hydrogen-bond donors (Lipinski definition) is 0. The van der Waals surface area contributed by atoms with E-state index in [1.54, 1.807) is 11.3 Å². The van der Waals surface area contributed by atoms with Crippen LogP contribution in [0.5, 0.6) is 0 Å². The van der Waals surface area contributed by atoms with Gasteiger partial charge in [-0.3, -0.25) is 0 Å². The van der Waals surface area contributed by atoms with E-state index in [-0.39, 0.29) is 0 Å². The van der Waals surface area contributed by atoms with Crippen molar-refractivity contribution in [3.8, 4) is 17.2 Å². The lowest BCUT2D eigenvalue weighted by molar-refractivity contribution is 1.15. The summed E-state index contributed by atoms with van der Waals surface area (Å²) in [4.78, 5) is 4.82. The van der Waals surface area contributed by atoms with Gasteiger partial charge in [0.05, 0.1) is 26.9 Å². The summed E-state index contributed by atoms with van der Waals surface area (Å²) in [5.41, 5.74) is 6.66. The van der Waals surface area contributed by atoms with Gasteiger partial charge in [0.25, 0.3) is 0 Å². The minimum absolute atomic E-state index is 0.691. The maximum atomic E-state index is 8.89. The lowest BCUT2D eigenvalue weighted by Crippen LogP contribution is -1.87. The lowest BCUT2D eigenvalue weighted by atomic mass is 10.0. The van der Waals surface area contributed by atoms with E-state index in [0.717, 1.165) is 16.9 Å². The van der Waals surface area contributed by atoms with E-state index in [2.05, 4.69) is 55.5 Å². The Morgan fingerprint density at radius 3 is 2.56 bits per heavy atom. The molecule has 0 atom stereocenters. The molecule has 2 nitrogen and oxygen atoms in total. The fourth-order valence-electron chi connectivity index (χ4n) is 2.99. The SMILES string of the molecule is Cc1ccccc1-c1ccc2sc(Cc3ccc(C#N)cc3)nc2c1. The number of aromatic nitrogens is 1. The Hall–Kier alpha value is -2.96. The van der Waals surface area contributed by atoms with Crippen molar-refractivity contribution in [3.63, 3.8) is 0 Å². The third-order valence-corrected chi connectivity index (χ3v) is 5.36. The second-order valence-corrected chi connectivity index (χ2v) is 7.21. The van der Waals surface area contributed by atoms with Gasteiger partial charge in [-0.2, -0.15) is 5.26 Å². The summed E-state index contributed by atoms with van der Waals surface area (Å²) >= 11 is 1.73. The summed E-state index contributed by atoms with van der Waals surface area (Å²) in [5.74, 6) is 0. The van der Waals surface area contributed by atoms with Crippen LogP contribution in [0, 0.1) is 18.3 Å². The molecule has 0 saturated carbocycles. The largest absolute Gasteiger partial charge is 0.241 e. The van der Waals surface area contributed by atoms with Crippen LogP contribution < -0.4 is 0 Å². The highest BCUT2D eigenvalue weighted by Gasteiger charge is 2.08. The highest BCUT2D eigenvalue weighted by Crippen LogP contribution is 2.30. The summed E-state index contributed by atoms with van der Waals surface area (Å²) in [5, 5.41) is 9.99. The molecule has 0 aliphatic rings. The zero-order valence-electron chi connectivity index (χ0n) is 13.9. The first-order valence-electron chi connectivity index (χ1n) is 8.17. The second-order valence-electron chi connectivity index (χ2n) is 6.09. The number of thiazole rings is 1. The highest BCUT2D eigenvalue weighted by atomic mass is 32.1. The van der Waals surface area contributed by atoms with E-state index in [1.807, 2.05) is 24.3 Å². The van der Waals surface area contributed by atoms with E-state index < -0.39 is 0 Å². The summed E-state index contributed by atoms with van der Waals surface area (Å²) in [6.07, 6.45) is 0.796. The number of nitriles is 1. The maximum absolute atomic E-state index is 8.89. The van der Waals surface area contributed by atoms with Crippen molar-refractivity contribution in [1.29, 1.82) is 5.26 Å². The minimum Gasteiger partial charge on any atom is -0.241 e. The molecule has 0 fully saturated rings. The zero-order chi connectivity index (χ0) is 17.2. The molecule has 1 aromatic heterocycles. The Bertz CT molecular complexity index is 1090. The van der Waals surface area contributed by atoms with Gasteiger partial charge in [-0.25, -0.2) is 4.98 Å². The Kier molecular flexibility index (Phi) is 4.05. The Labute approximate surface area is 151 Å². The Morgan fingerprint density at radius 2 is 1.80 bits per heavy atom. The van der Waals surface area contributed by atoms with Gasteiger partial charge >= 0.3 is 0 Å². The molecule has 0 amide bonds. The van der Waals surface area contributed by atoms with Gasteiger partial charge in [0.2, 0.25) is 0 Å². The van der Waals surface area contributed by atoms with Crippen LogP contribution in [-0.2, 0) is 6.42 Å². The normalized spacial score (nSPS) is 10.7. The summed E-state index contributed by atoms with van der Waals surface area (Å²) in [6, 6.07) is 24.8. The number of rotatable bonds is 3. The van der Waals surface area contributed by atoms with Crippen LogP contribution in [0.1, 0.15) is 21.7 Å². The van der Waals surface area contributed by atoms with Crippen LogP contribution in [0.25, 0.3) is 21.3 Å². The molecule has 3 heteroatoms. The molecule has 1 heterocycles. The molecular formula is C22H16N2S. The van der Waals surface area contributed by atoms with Gasteiger partial charge < -0.3 is 0 Å². The molecule has 3 aromatic carbocycles. The quantitative estimate of drug-likeness (QED) is 0.477. The first-order chi connectivity index (χ1) is 12.2. The number of nitrogens with zero attached hydrogens (tertiary/aromatic N) is 2. The molecule has 0 N–H and O–H groups in total. The lowest BCUT2D eigenvalue weighted by Gasteiger charge is -2.05. The van der Waals surface area contributed by atoms with Crippen molar-refractivity contribution in [2.75, 3.05) is 0 Å². The summed E-state index contributed by atoms with van der Waals surface area (Å²) in [7, 11) is 0. The monoisotopic (exact) mass is 340 g/mol. The molecule has 25 heavy (non-hydrogen) atoms. The van der Waals surface area contributed by atoms with E-state index >= 15 is 0 Å². The topological polar surface area (TPSA) is 36.7 Å². The Morgan fingerprint density at radius 1 is 1.00 bits per heavy atom. The van der Waals surface area contributed by atoms with Gasteiger partial charge in [0.15, 0.2) is 0 Å². The molecule has 0 aliphatic carbocycles. The first kappa shape index (κ1) is 15.6. The average Bonchev–Trinajstić information content (AvgIpc) is 3.04. The molecule has 120 valence electrons. The van der Waals surface area contributed by atoms with E-state index in [1.165, 1.54) is 27.0 Å². The van der Waals surface area contributed by atoms with Gasteiger partial charge in [0.1, 0.15) is 0 Å². The van der Waals surface area contributed by atoms with Crippen molar-refractivity contribution >= 4 is 21.6 Å². The smallest absolute Gasteiger partial charge is 0.0991 e. The number of hydrogen-bond acceptors (Lipinski definition) is 3. The predicted molar refractivity (Wildman–Crippen MR) is 104 cm³/mol. The minimum atomic E-state index is 0.691. The number of benzene rings is 3. The first-order valence-corrected chi connectivity index (χ1v) is 8.99. The fourth-order valence-corrected chi connectivity index (χ4v) is 3.97. The van der Waals surface area contributed by atoms with Crippen molar-refractivity contribution in [2.24, 2.45) is 0 Å². The molecule has 4 rings (SSSR count). The van der Waals surface area contributed by atoms with Crippen molar-refractivity contribution in [1.82, 2.24) is 4.98 Å². The maximum Gasteiger partial charge on any atom is 0.0991 e. The molecule has 0 saturated heterocycles. The Balaban J connectivity index is 1.66. The van der Waals surface area contributed by atoms with Crippen LogP contribution >= 0.6 is 11.3 Å². The van der Waals surface area contributed by atoms with Crippen molar-refractivity contribution in [3.05, 3.63) is 88.4 Å². The van der Waals surface area contributed by atoms with E-state index in [4.69, 9.17) is 10.2 Å². The number of aryl methyl sites for hydroxylation is 1. The van der Waals surface area contributed by atoms with E-state index in [9.17, 15) is 0 Å². The predicted octanol–water partition coefficient (Wildman–Crippen LogP) is 5.73. The zero-order valence-corrected chi connectivity index (χ0v) is 14.7. The average molecular weight is 340 g/mol. The third kappa shape index (κ3) is 3.17. The van der Waals surface area contributed by atoms with Crippen LogP contribution in [0.3, 0.4) is 0 Å². The molecule has 0 bridgehead atoms. The molecule has 0 spiro atoms. The van der Waals surface area contributed by atoms with Gasteiger partial charge in [0, 0.05) is 6.42 Å². The van der Waals surface area contributed by atoms with Crippen LogP contribution in [0.2, 0.25) is 0 Å². The molecule has 0 unspecified atom stereocenters. The van der Waals surface area contributed by atoms with Gasteiger partial charge in [-0.15, -0.1) is 11.3 Å². The summed E-state index contributed by atoms with van der Waals surface area (Å²) in [6.45, 7) is 2.14. The number of fused-ring (bicyclic) bond motifs is 1. The van der Waals surface area contributed by atoms with Crippen LogP contribution in [0.4, 0.5) is 0 Å². The molecule has 4 aromatic rings. The third-order valence-electron chi connectivity index (χ3n) is 4.33. The molecule has 0 aliphatic heterocycles. The van der Waals surface area contributed by atoms with Gasteiger partial charge in [-0.05, 0) is 53.4 Å². The fraction of sp³-hybridized carbons (Fsp3) is 0.0909. The standard InChI is InChI=1S/C22H16N2S/c1-15-4-2-3-5-19(15)18-10-11-21-20(13-18)24-22(25-21)12-16-6-8-17(14-23)9-7-16/h2-11,13H,12H2,1H3. The molecular weight excluding hydrogens is 324 g/mol. The van der Waals surface area contributed by atoms with Crippen molar-refractivity contribution < 1.29 is 0 Å².